The molecule has 0 atom stereocenters. The van der Waals surface area contributed by atoms with Gasteiger partial charge in [-0.1, -0.05) is 17.7 Å². The number of hydrogen-bond donors (Lipinski definition) is 1. The van der Waals surface area contributed by atoms with Crippen molar-refractivity contribution < 1.29 is 0 Å². The van der Waals surface area contributed by atoms with Crippen molar-refractivity contribution in [3.05, 3.63) is 28.8 Å². The minimum atomic E-state index is 0.274. The van der Waals surface area contributed by atoms with E-state index in [0.717, 1.165) is 32.7 Å². The van der Waals surface area contributed by atoms with Gasteiger partial charge in [0.15, 0.2) is 0 Å². The predicted octanol–water partition coefficient (Wildman–Crippen LogP) is 2.84. The zero-order chi connectivity index (χ0) is 14.0. The molecule has 1 aliphatic heterocycles. The van der Waals surface area contributed by atoms with Crippen molar-refractivity contribution in [1.29, 1.82) is 0 Å². The van der Waals surface area contributed by atoms with Gasteiger partial charge < -0.3 is 5.73 Å². The molecule has 4 heteroatoms. The van der Waals surface area contributed by atoms with Crippen LogP contribution in [0.25, 0.3) is 0 Å². The maximum absolute atomic E-state index is 6.06. The van der Waals surface area contributed by atoms with Crippen LogP contribution < -0.4 is 5.73 Å². The Balaban J connectivity index is 1.90. The number of anilines is 1. The van der Waals surface area contributed by atoms with Crippen LogP contribution in [0.1, 0.15) is 26.3 Å². The molecule has 1 fully saturated rings. The minimum Gasteiger partial charge on any atom is -0.398 e. The lowest BCUT2D eigenvalue weighted by Gasteiger charge is -2.42. The molecule has 0 unspecified atom stereocenters. The molecule has 0 aromatic heterocycles. The quantitative estimate of drug-likeness (QED) is 0.846. The van der Waals surface area contributed by atoms with Gasteiger partial charge in [-0.15, -0.1) is 0 Å². The summed E-state index contributed by atoms with van der Waals surface area (Å²) in [6.07, 6.45) is 0. The minimum absolute atomic E-state index is 0.274. The second-order valence-corrected chi connectivity index (χ2v) is 6.70. The SMILES string of the molecule is CC(C)(C)N1CCN(Cc2ccc(N)c(Cl)c2)CC1. The summed E-state index contributed by atoms with van der Waals surface area (Å²) in [6, 6.07) is 5.94. The molecule has 0 spiro atoms. The number of benzene rings is 1. The van der Waals surface area contributed by atoms with Gasteiger partial charge in [-0.3, -0.25) is 9.80 Å². The topological polar surface area (TPSA) is 32.5 Å². The molecule has 1 saturated heterocycles. The van der Waals surface area contributed by atoms with Gasteiger partial charge in [0.25, 0.3) is 0 Å². The van der Waals surface area contributed by atoms with Crippen molar-refractivity contribution in [3.63, 3.8) is 0 Å². The van der Waals surface area contributed by atoms with E-state index in [0.29, 0.717) is 10.7 Å². The Labute approximate surface area is 121 Å². The van der Waals surface area contributed by atoms with Crippen molar-refractivity contribution in [1.82, 2.24) is 9.80 Å². The Kier molecular flexibility index (Phi) is 4.39. The molecule has 1 aromatic rings. The van der Waals surface area contributed by atoms with Gasteiger partial charge in [0.05, 0.1) is 10.7 Å². The first-order valence-electron chi connectivity index (χ1n) is 6.87. The average Bonchev–Trinajstić information content (AvgIpc) is 2.33. The van der Waals surface area contributed by atoms with Crippen LogP contribution in [0.3, 0.4) is 0 Å². The summed E-state index contributed by atoms with van der Waals surface area (Å²) < 4.78 is 0. The van der Waals surface area contributed by atoms with Gasteiger partial charge in [0.2, 0.25) is 0 Å². The van der Waals surface area contributed by atoms with E-state index in [-0.39, 0.29) is 5.54 Å². The highest BCUT2D eigenvalue weighted by atomic mass is 35.5. The molecule has 19 heavy (non-hydrogen) atoms. The monoisotopic (exact) mass is 281 g/mol. The lowest BCUT2D eigenvalue weighted by molar-refractivity contribution is 0.0591. The highest BCUT2D eigenvalue weighted by Gasteiger charge is 2.25. The summed E-state index contributed by atoms with van der Waals surface area (Å²) in [5.74, 6) is 0. The third-order valence-electron chi connectivity index (χ3n) is 3.79. The van der Waals surface area contributed by atoms with Crippen molar-refractivity contribution in [2.75, 3.05) is 31.9 Å². The van der Waals surface area contributed by atoms with Crippen molar-refractivity contribution in [3.8, 4) is 0 Å². The van der Waals surface area contributed by atoms with Gasteiger partial charge >= 0.3 is 0 Å². The summed E-state index contributed by atoms with van der Waals surface area (Å²) in [5, 5.41) is 0.658. The van der Waals surface area contributed by atoms with E-state index in [4.69, 9.17) is 17.3 Å². The normalized spacial score (nSPS) is 18.7. The predicted molar refractivity (Wildman–Crippen MR) is 82.5 cm³/mol. The number of nitrogens with two attached hydrogens (primary N) is 1. The van der Waals surface area contributed by atoms with Crippen molar-refractivity contribution >= 4 is 17.3 Å². The summed E-state index contributed by atoms with van der Waals surface area (Å²) in [5.41, 5.74) is 7.90. The summed E-state index contributed by atoms with van der Waals surface area (Å²) in [7, 11) is 0. The van der Waals surface area contributed by atoms with Gasteiger partial charge in [0.1, 0.15) is 0 Å². The lowest BCUT2D eigenvalue weighted by Crippen LogP contribution is -2.53. The van der Waals surface area contributed by atoms with E-state index >= 15 is 0 Å². The number of rotatable bonds is 2. The number of nitrogens with zero attached hydrogens (tertiary/aromatic N) is 2. The first-order chi connectivity index (χ1) is 8.86. The van der Waals surface area contributed by atoms with E-state index in [2.05, 4.69) is 36.6 Å². The van der Waals surface area contributed by atoms with Crippen LogP contribution in [0.4, 0.5) is 5.69 Å². The molecule has 2 N–H and O–H groups in total. The molecular weight excluding hydrogens is 258 g/mol. The second kappa shape index (κ2) is 5.70. The third-order valence-corrected chi connectivity index (χ3v) is 4.12. The summed E-state index contributed by atoms with van der Waals surface area (Å²) >= 11 is 6.06. The van der Waals surface area contributed by atoms with Crippen molar-refractivity contribution in [2.24, 2.45) is 0 Å². The maximum Gasteiger partial charge on any atom is 0.0638 e. The Morgan fingerprint density at radius 3 is 2.32 bits per heavy atom. The Morgan fingerprint density at radius 2 is 1.79 bits per heavy atom. The van der Waals surface area contributed by atoms with E-state index in [9.17, 15) is 0 Å². The van der Waals surface area contributed by atoms with E-state index < -0.39 is 0 Å². The van der Waals surface area contributed by atoms with Crippen LogP contribution in [0.2, 0.25) is 5.02 Å². The van der Waals surface area contributed by atoms with E-state index in [1.807, 2.05) is 12.1 Å². The van der Waals surface area contributed by atoms with Crippen LogP contribution in [0.5, 0.6) is 0 Å². The van der Waals surface area contributed by atoms with E-state index in [1.165, 1.54) is 5.56 Å². The maximum atomic E-state index is 6.06. The van der Waals surface area contributed by atoms with Crippen LogP contribution >= 0.6 is 11.6 Å². The van der Waals surface area contributed by atoms with Crippen LogP contribution in [-0.4, -0.2) is 41.5 Å². The number of hydrogen-bond acceptors (Lipinski definition) is 3. The highest BCUT2D eigenvalue weighted by molar-refractivity contribution is 6.33. The Bertz CT molecular complexity index is 432. The number of halogens is 1. The van der Waals surface area contributed by atoms with Gasteiger partial charge in [-0.25, -0.2) is 0 Å². The molecule has 106 valence electrons. The standard InChI is InChI=1S/C15H24ClN3/c1-15(2,3)19-8-6-18(7-9-19)11-12-4-5-14(17)13(16)10-12/h4-5,10H,6-9,11,17H2,1-3H3. The first kappa shape index (κ1) is 14.6. The molecule has 0 bridgehead atoms. The zero-order valence-corrected chi connectivity index (χ0v) is 12.9. The zero-order valence-electron chi connectivity index (χ0n) is 12.1. The fraction of sp³-hybridized carbons (Fsp3) is 0.600. The van der Waals surface area contributed by atoms with Gasteiger partial charge in [-0.05, 0) is 38.5 Å². The van der Waals surface area contributed by atoms with Crippen molar-refractivity contribution in [2.45, 2.75) is 32.9 Å². The van der Waals surface area contributed by atoms with Crippen LogP contribution in [0.15, 0.2) is 18.2 Å². The summed E-state index contributed by atoms with van der Waals surface area (Å²) in [4.78, 5) is 5.02. The van der Waals surface area contributed by atoms with Gasteiger partial charge in [-0.2, -0.15) is 0 Å². The molecule has 0 saturated carbocycles. The molecule has 2 rings (SSSR count). The largest absolute Gasteiger partial charge is 0.398 e. The number of piperazine rings is 1. The summed E-state index contributed by atoms with van der Waals surface area (Å²) in [6.45, 7) is 12.3. The molecule has 1 heterocycles. The van der Waals surface area contributed by atoms with Crippen LogP contribution in [0, 0.1) is 0 Å². The molecule has 3 nitrogen and oxygen atoms in total. The second-order valence-electron chi connectivity index (χ2n) is 6.29. The Morgan fingerprint density at radius 1 is 1.16 bits per heavy atom. The van der Waals surface area contributed by atoms with Gasteiger partial charge in [0, 0.05) is 38.3 Å². The third kappa shape index (κ3) is 3.85. The number of nitrogen functional groups attached to an aromatic ring is 1. The molecular formula is C15H24ClN3. The first-order valence-corrected chi connectivity index (χ1v) is 7.25. The fourth-order valence-electron chi connectivity index (χ4n) is 2.50. The van der Waals surface area contributed by atoms with E-state index in [1.54, 1.807) is 0 Å². The molecule has 1 aromatic carbocycles. The molecule has 1 aliphatic rings. The van der Waals surface area contributed by atoms with Crippen LogP contribution in [-0.2, 0) is 6.54 Å². The Hall–Kier alpha value is -0.770. The lowest BCUT2D eigenvalue weighted by atomic mass is 10.0. The average molecular weight is 282 g/mol. The smallest absolute Gasteiger partial charge is 0.0638 e. The highest BCUT2D eigenvalue weighted by Crippen LogP contribution is 2.22. The molecule has 0 radical (unpaired) electrons. The molecule has 0 aliphatic carbocycles. The molecule has 0 amide bonds. The fourth-order valence-corrected chi connectivity index (χ4v) is 2.71.